The lowest BCUT2D eigenvalue weighted by molar-refractivity contribution is 0.251. The fourth-order valence-electron chi connectivity index (χ4n) is 1.84. The summed E-state index contributed by atoms with van der Waals surface area (Å²) in [6, 6.07) is 3.33. The molecule has 3 heterocycles. The molecule has 0 atom stereocenters. The smallest absolute Gasteiger partial charge is 0.321 e. The van der Waals surface area contributed by atoms with Crippen molar-refractivity contribution in [3.05, 3.63) is 47.0 Å². The highest BCUT2D eigenvalue weighted by molar-refractivity contribution is 7.15. The molecule has 0 aliphatic heterocycles. The van der Waals surface area contributed by atoms with Crippen molar-refractivity contribution in [2.75, 3.05) is 5.32 Å². The summed E-state index contributed by atoms with van der Waals surface area (Å²) in [5.41, 5.74) is 2.44. The Morgan fingerprint density at radius 3 is 2.78 bits per heavy atom. The molecule has 3 aromatic rings. The molecule has 0 unspecified atom stereocenters. The van der Waals surface area contributed by atoms with E-state index in [0.29, 0.717) is 10.8 Å². The van der Waals surface area contributed by atoms with Crippen molar-refractivity contribution in [2.24, 2.45) is 0 Å². The van der Waals surface area contributed by atoms with E-state index in [-0.39, 0.29) is 12.6 Å². The van der Waals surface area contributed by atoms with Crippen LogP contribution in [0.5, 0.6) is 0 Å². The highest BCUT2D eigenvalue weighted by Gasteiger charge is 2.09. The molecular weight excluding hydrogens is 314 g/mol. The Morgan fingerprint density at radius 2 is 2.09 bits per heavy atom. The van der Waals surface area contributed by atoms with Crippen molar-refractivity contribution in [1.82, 2.24) is 30.3 Å². The van der Waals surface area contributed by atoms with Crippen molar-refractivity contribution in [2.45, 2.75) is 20.4 Å². The van der Waals surface area contributed by atoms with E-state index in [4.69, 9.17) is 0 Å². The van der Waals surface area contributed by atoms with E-state index < -0.39 is 0 Å². The van der Waals surface area contributed by atoms with Crippen molar-refractivity contribution in [1.29, 1.82) is 0 Å². The fourth-order valence-corrected chi connectivity index (χ4v) is 2.65. The van der Waals surface area contributed by atoms with Gasteiger partial charge >= 0.3 is 6.03 Å². The predicted octanol–water partition coefficient (Wildman–Crippen LogP) is 2.06. The van der Waals surface area contributed by atoms with Crippen molar-refractivity contribution >= 4 is 22.5 Å². The van der Waals surface area contributed by atoms with Gasteiger partial charge < -0.3 is 5.32 Å². The van der Waals surface area contributed by atoms with Gasteiger partial charge in [0.15, 0.2) is 5.13 Å². The van der Waals surface area contributed by atoms with E-state index in [1.807, 2.05) is 26.0 Å². The molecule has 0 fully saturated rings. The van der Waals surface area contributed by atoms with E-state index in [2.05, 4.69) is 30.9 Å². The topological polar surface area (TPSA) is 97.6 Å². The van der Waals surface area contributed by atoms with Gasteiger partial charge in [-0.25, -0.2) is 14.5 Å². The molecule has 0 spiro atoms. The molecule has 118 valence electrons. The normalized spacial score (nSPS) is 10.5. The lowest BCUT2D eigenvalue weighted by Crippen LogP contribution is -2.28. The number of nitrogens with zero attached hydrogens (tertiary/aromatic N) is 5. The van der Waals surface area contributed by atoms with Gasteiger partial charge in [-0.05, 0) is 26.0 Å². The van der Waals surface area contributed by atoms with Crippen LogP contribution in [-0.4, -0.2) is 31.0 Å². The zero-order valence-corrected chi connectivity index (χ0v) is 13.5. The largest absolute Gasteiger partial charge is 0.332 e. The number of hydrogen-bond donors (Lipinski definition) is 2. The Balaban J connectivity index is 1.56. The number of thiazole rings is 1. The van der Waals surface area contributed by atoms with Crippen LogP contribution >= 0.6 is 11.3 Å². The maximum Gasteiger partial charge on any atom is 0.321 e. The molecule has 0 aromatic carbocycles. The van der Waals surface area contributed by atoms with Crippen LogP contribution in [0.15, 0.2) is 30.7 Å². The molecule has 3 aromatic heterocycles. The Morgan fingerprint density at radius 1 is 1.30 bits per heavy atom. The van der Waals surface area contributed by atoms with Crippen LogP contribution in [0.3, 0.4) is 0 Å². The third-order valence-electron chi connectivity index (χ3n) is 3.15. The zero-order valence-electron chi connectivity index (χ0n) is 12.6. The van der Waals surface area contributed by atoms with Crippen LogP contribution in [0.4, 0.5) is 9.93 Å². The summed E-state index contributed by atoms with van der Waals surface area (Å²) in [5.74, 6) is 0. The number of pyridine rings is 1. The first-order chi connectivity index (χ1) is 11.1. The molecule has 8 nitrogen and oxygen atoms in total. The quantitative estimate of drug-likeness (QED) is 0.763. The first kappa shape index (κ1) is 15.1. The number of amides is 2. The van der Waals surface area contributed by atoms with Crippen LogP contribution in [0, 0.1) is 13.8 Å². The van der Waals surface area contributed by atoms with E-state index in [9.17, 15) is 4.79 Å². The van der Waals surface area contributed by atoms with Gasteiger partial charge in [-0.3, -0.25) is 10.3 Å². The van der Waals surface area contributed by atoms with E-state index in [1.165, 1.54) is 11.3 Å². The molecule has 2 amide bonds. The Bertz CT molecular complexity index is 792. The average molecular weight is 329 g/mol. The number of carbonyl (C=O) groups is 1. The number of anilines is 1. The number of carbonyl (C=O) groups excluding carboxylic acids is 1. The molecule has 0 saturated carbocycles. The SMILES string of the molecule is Cc1nc(NC(=O)NCc2cn(-c3ccncc3)nn2)sc1C. The summed E-state index contributed by atoms with van der Waals surface area (Å²) >= 11 is 1.44. The van der Waals surface area contributed by atoms with Crippen LogP contribution in [0.1, 0.15) is 16.3 Å². The van der Waals surface area contributed by atoms with Gasteiger partial charge in [0.2, 0.25) is 0 Å². The van der Waals surface area contributed by atoms with E-state index in [0.717, 1.165) is 16.3 Å². The molecule has 23 heavy (non-hydrogen) atoms. The molecule has 9 heteroatoms. The number of aromatic nitrogens is 5. The summed E-state index contributed by atoms with van der Waals surface area (Å²) in [5, 5.41) is 14.1. The second kappa shape index (κ2) is 6.53. The standard InChI is InChI=1S/C14H15N7OS/c1-9-10(2)23-14(17-9)18-13(22)16-7-11-8-21(20-19-11)12-3-5-15-6-4-12/h3-6,8H,7H2,1-2H3,(H2,16,17,18,22). The highest BCUT2D eigenvalue weighted by Crippen LogP contribution is 2.20. The fraction of sp³-hybridized carbons (Fsp3) is 0.214. The third kappa shape index (κ3) is 3.69. The molecular formula is C14H15N7OS. The van der Waals surface area contributed by atoms with Gasteiger partial charge in [0, 0.05) is 17.3 Å². The number of rotatable bonds is 4. The van der Waals surface area contributed by atoms with Crippen LogP contribution in [-0.2, 0) is 6.54 Å². The zero-order chi connectivity index (χ0) is 16.2. The molecule has 0 aliphatic carbocycles. The molecule has 0 saturated heterocycles. The average Bonchev–Trinajstić information content (AvgIpc) is 3.13. The third-order valence-corrected chi connectivity index (χ3v) is 4.14. The van der Waals surface area contributed by atoms with E-state index >= 15 is 0 Å². The summed E-state index contributed by atoms with van der Waals surface area (Å²) in [6.07, 6.45) is 5.12. The van der Waals surface area contributed by atoms with Gasteiger partial charge in [-0.2, -0.15) is 0 Å². The Kier molecular flexibility index (Phi) is 4.29. The van der Waals surface area contributed by atoms with Gasteiger partial charge in [-0.15, -0.1) is 16.4 Å². The van der Waals surface area contributed by atoms with Crippen molar-refractivity contribution in [3.63, 3.8) is 0 Å². The molecule has 0 radical (unpaired) electrons. The summed E-state index contributed by atoms with van der Waals surface area (Å²) in [6.45, 7) is 4.15. The lowest BCUT2D eigenvalue weighted by Gasteiger charge is -2.02. The molecule has 0 aliphatic rings. The minimum Gasteiger partial charge on any atom is -0.332 e. The second-order valence-electron chi connectivity index (χ2n) is 4.83. The maximum absolute atomic E-state index is 11.9. The first-order valence-corrected chi connectivity index (χ1v) is 7.74. The number of nitrogens with one attached hydrogen (secondary N) is 2. The Hall–Kier alpha value is -2.81. The van der Waals surface area contributed by atoms with Gasteiger partial charge in [0.05, 0.1) is 24.1 Å². The minimum atomic E-state index is -0.322. The number of aryl methyl sites for hydroxylation is 2. The second-order valence-corrected chi connectivity index (χ2v) is 6.03. The van der Waals surface area contributed by atoms with Crippen LogP contribution in [0.25, 0.3) is 5.69 Å². The maximum atomic E-state index is 11.9. The Labute approximate surface area is 136 Å². The van der Waals surface area contributed by atoms with Gasteiger partial charge in [0.25, 0.3) is 0 Å². The minimum absolute atomic E-state index is 0.278. The molecule has 2 N–H and O–H groups in total. The lowest BCUT2D eigenvalue weighted by atomic mass is 10.4. The molecule has 0 bridgehead atoms. The number of hydrogen-bond acceptors (Lipinski definition) is 6. The van der Waals surface area contributed by atoms with Gasteiger partial charge in [-0.1, -0.05) is 5.21 Å². The van der Waals surface area contributed by atoms with Gasteiger partial charge in [0.1, 0.15) is 5.69 Å². The monoisotopic (exact) mass is 329 g/mol. The van der Waals surface area contributed by atoms with E-state index in [1.54, 1.807) is 23.3 Å². The van der Waals surface area contributed by atoms with Crippen molar-refractivity contribution in [3.8, 4) is 5.69 Å². The first-order valence-electron chi connectivity index (χ1n) is 6.92. The predicted molar refractivity (Wildman–Crippen MR) is 86.6 cm³/mol. The van der Waals surface area contributed by atoms with Crippen LogP contribution in [0.2, 0.25) is 0 Å². The summed E-state index contributed by atoms with van der Waals surface area (Å²) in [7, 11) is 0. The van der Waals surface area contributed by atoms with Crippen LogP contribution < -0.4 is 10.6 Å². The van der Waals surface area contributed by atoms with Crippen molar-refractivity contribution < 1.29 is 4.79 Å². The summed E-state index contributed by atoms with van der Waals surface area (Å²) in [4.78, 5) is 21.2. The highest BCUT2D eigenvalue weighted by atomic mass is 32.1. The summed E-state index contributed by atoms with van der Waals surface area (Å²) < 4.78 is 1.63. The molecule has 3 rings (SSSR count). The number of urea groups is 1.